The van der Waals surface area contributed by atoms with Crippen molar-refractivity contribution in [2.75, 3.05) is 5.73 Å². The minimum atomic E-state index is 0.136. The summed E-state index contributed by atoms with van der Waals surface area (Å²) in [5.41, 5.74) is 12.0. The lowest BCUT2D eigenvalue weighted by molar-refractivity contribution is 1.20. The fourth-order valence-corrected chi connectivity index (χ4v) is 3.82. The van der Waals surface area contributed by atoms with Crippen molar-refractivity contribution in [2.24, 2.45) is 0 Å². The molecule has 0 radical (unpaired) electrons. The van der Waals surface area contributed by atoms with Crippen LogP contribution >= 0.6 is 27.5 Å². The number of rotatable bonds is 3. The van der Waals surface area contributed by atoms with E-state index >= 15 is 0 Å². The maximum atomic E-state index is 9.32. The predicted molar refractivity (Wildman–Crippen MR) is 122 cm³/mol. The molecule has 4 nitrogen and oxygen atoms in total. The molecule has 142 valence electrons. The van der Waals surface area contributed by atoms with Gasteiger partial charge in [-0.05, 0) is 48.4 Å². The van der Waals surface area contributed by atoms with Crippen LogP contribution in [0.25, 0.3) is 33.3 Å². The van der Waals surface area contributed by atoms with Crippen LogP contribution in [0.4, 0.5) is 5.82 Å². The maximum absolute atomic E-state index is 9.32. The summed E-state index contributed by atoms with van der Waals surface area (Å²) in [6, 6.07) is 20.0. The quantitative estimate of drug-likeness (QED) is 0.360. The SMILES string of the molecule is Cc1ccc2cc(-c3cc(-c4ccc(Br)cc4)nc(N)c3CC#N)c(Cl)nc2c1. The summed E-state index contributed by atoms with van der Waals surface area (Å²) in [6.45, 7) is 2.02. The molecule has 2 heterocycles. The van der Waals surface area contributed by atoms with Crippen molar-refractivity contribution >= 4 is 44.3 Å². The van der Waals surface area contributed by atoms with Crippen LogP contribution in [0.3, 0.4) is 0 Å². The molecule has 2 aromatic carbocycles. The van der Waals surface area contributed by atoms with Gasteiger partial charge in [-0.3, -0.25) is 0 Å². The van der Waals surface area contributed by atoms with Crippen LogP contribution in [0.1, 0.15) is 11.1 Å². The highest BCUT2D eigenvalue weighted by atomic mass is 79.9. The fraction of sp³-hybridized carbons (Fsp3) is 0.0870. The van der Waals surface area contributed by atoms with Crippen LogP contribution in [0.2, 0.25) is 5.15 Å². The second-order valence-electron chi connectivity index (χ2n) is 6.78. The molecular formula is C23H16BrClN4. The first-order chi connectivity index (χ1) is 14.0. The van der Waals surface area contributed by atoms with Crippen LogP contribution in [-0.2, 0) is 6.42 Å². The molecule has 4 aromatic rings. The van der Waals surface area contributed by atoms with E-state index in [2.05, 4.69) is 32.0 Å². The lowest BCUT2D eigenvalue weighted by Crippen LogP contribution is -2.02. The number of aromatic nitrogens is 2. The molecule has 0 aliphatic heterocycles. The Morgan fingerprint density at radius 3 is 2.52 bits per heavy atom. The van der Waals surface area contributed by atoms with E-state index in [1.54, 1.807) is 0 Å². The van der Waals surface area contributed by atoms with Gasteiger partial charge in [0.2, 0.25) is 0 Å². The molecule has 0 fully saturated rings. The largest absolute Gasteiger partial charge is 0.383 e. The van der Waals surface area contributed by atoms with Crippen LogP contribution in [0.5, 0.6) is 0 Å². The van der Waals surface area contributed by atoms with Gasteiger partial charge in [0.1, 0.15) is 11.0 Å². The van der Waals surface area contributed by atoms with Crippen LogP contribution < -0.4 is 5.73 Å². The molecule has 2 N–H and O–H groups in total. The van der Waals surface area contributed by atoms with E-state index in [0.29, 0.717) is 22.2 Å². The van der Waals surface area contributed by atoms with Crippen LogP contribution in [0, 0.1) is 18.3 Å². The molecule has 2 aromatic heterocycles. The van der Waals surface area contributed by atoms with Gasteiger partial charge in [0, 0.05) is 26.5 Å². The Balaban J connectivity index is 1.97. The van der Waals surface area contributed by atoms with Crippen molar-refractivity contribution in [3.8, 4) is 28.5 Å². The number of nitrogen functional groups attached to an aromatic ring is 1. The zero-order valence-electron chi connectivity index (χ0n) is 15.6. The van der Waals surface area contributed by atoms with Gasteiger partial charge in [-0.1, -0.05) is 51.8 Å². The standard InChI is InChI=1S/C23H16BrClN4/c1-13-2-3-15-11-19(22(25)28-20(15)10-13)18-12-21(14-4-6-16(24)7-5-14)29-23(27)17(18)8-9-26/h2-7,10-12H,8H2,1H3,(H2,27,29). The highest BCUT2D eigenvalue weighted by Crippen LogP contribution is 2.37. The summed E-state index contributed by atoms with van der Waals surface area (Å²) < 4.78 is 0.979. The number of pyridine rings is 2. The Morgan fingerprint density at radius 1 is 1.03 bits per heavy atom. The molecule has 0 bridgehead atoms. The Hall–Kier alpha value is -2.94. The lowest BCUT2D eigenvalue weighted by Gasteiger charge is -2.14. The normalized spacial score (nSPS) is 10.8. The van der Waals surface area contributed by atoms with Crippen molar-refractivity contribution in [1.29, 1.82) is 5.26 Å². The van der Waals surface area contributed by atoms with Gasteiger partial charge < -0.3 is 5.73 Å². The molecular weight excluding hydrogens is 448 g/mol. The zero-order chi connectivity index (χ0) is 20.5. The number of anilines is 1. The maximum Gasteiger partial charge on any atom is 0.137 e. The summed E-state index contributed by atoms with van der Waals surface area (Å²) in [6.07, 6.45) is 0.136. The van der Waals surface area contributed by atoms with Gasteiger partial charge >= 0.3 is 0 Å². The van der Waals surface area contributed by atoms with Gasteiger partial charge in [0.25, 0.3) is 0 Å². The number of fused-ring (bicyclic) bond motifs is 1. The number of aryl methyl sites for hydroxylation is 1. The average molecular weight is 464 g/mol. The third-order valence-electron chi connectivity index (χ3n) is 4.77. The van der Waals surface area contributed by atoms with Gasteiger partial charge in [0.05, 0.1) is 23.7 Å². The monoisotopic (exact) mass is 462 g/mol. The van der Waals surface area contributed by atoms with E-state index in [1.807, 2.05) is 61.5 Å². The Labute approximate surface area is 182 Å². The lowest BCUT2D eigenvalue weighted by atomic mass is 9.96. The minimum Gasteiger partial charge on any atom is -0.383 e. The van der Waals surface area contributed by atoms with E-state index < -0.39 is 0 Å². The Kier molecular flexibility index (Phi) is 5.23. The second kappa shape index (κ2) is 7.82. The molecule has 0 amide bonds. The van der Waals surface area contributed by atoms with Gasteiger partial charge in [-0.2, -0.15) is 5.26 Å². The highest BCUT2D eigenvalue weighted by molar-refractivity contribution is 9.10. The molecule has 0 atom stereocenters. The van der Waals surface area contributed by atoms with E-state index in [-0.39, 0.29) is 6.42 Å². The van der Waals surface area contributed by atoms with Crippen LogP contribution in [-0.4, -0.2) is 9.97 Å². The number of nitrogens with zero attached hydrogens (tertiary/aromatic N) is 3. The first kappa shape index (κ1) is 19.4. The summed E-state index contributed by atoms with van der Waals surface area (Å²) in [5.74, 6) is 0.321. The molecule has 0 spiro atoms. The van der Waals surface area contributed by atoms with Crippen molar-refractivity contribution in [3.05, 3.63) is 75.4 Å². The van der Waals surface area contributed by atoms with E-state index in [9.17, 15) is 5.26 Å². The number of benzene rings is 2. The molecule has 0 aliphatic rings. The number of nitrogens with two attached hydrogens (primary N) is 1. The highest BCUT2D eigenvalue weighted by Gasteiger charge is 2.17. The topological polar surface area (TPSA) is 75.6 Å². The molecule has 0 saturated carbocycles. The van der Waals surface area contributed by atoms with Gasteiger partial charge in [0.15, 0.2) is 0 Å². The minimum absolute atomic E-state index is 0.136. The fourth-order valence-electron chi connectivity index (χ4n) is 3.31. The first-order valence-electron chi connectivity index (χ1n) is 8.96. The zero-order valence-corrected chi connectivity index (χ0v) is 17.9. The average Bonchev–Trinajstić information content (AvgIpc) is 2.69. The number of halogens is 2. The third-order valence-corrected chi connectivity index (χ3v) is 5.59. The van der Waals surface area contributed by atoms with Gasteiger partial charge in [-0.25, -0.2) is 9.97 Å². The second-order valence-corrected chi connectivity index (χ2v) is 8.06. The smallest absolute Gasteiger partial charge is 0.137 e. The summed E-state index contributed by atoms with van der Waals surface area (Å²) in [7, 11) is 0. The van der Waals surface area contributed by atoms with Crippen molar-refractivity contribution in [2.45, 2.75) is 13.3 Å². The number of hydrogen-bond acceptors (Lipinski definition) is 4. The summed E-state index contributed by atoms with van der Waals surface area (Å²) >= 11 is 10.0. The van der Waals surface area contributed by atoms with Crippen molar-refractivity contribution < 1.29 is 0 Å². The van der Waals surface area contributed by atoms with E-state index in [1.165, 1.54) is 0 Å². The molecule has 4 rings (SSSR count). The van der Waals surface area contributed by atoms with E-state index in [4.69, 9.17) is 17.3 Å². The molecule has 0 saturated heterocycles. The van der Waals surface area contributed by atoms with E-state index in [0.717, 1.165) is 37.6 Å². The first-order valence-corrected chi connectivity index (χ1v) is 10.1. The van der Waals surface area contributed by atoms with Crippen LogP contribution in [0.15, 0.2) is 59.1 Å². The molecule has 0 aliphatic carbocycles. The molecule has 6 heteroatoms. The molecule has 0 unspecified atom stereocenters. The number of hydrogen-bond donors (Lipinski definition) is 1. The summed E-state index contributed by atoms with van der Waals surface area (Å²) in [4.78, 5) is 9.10. The van der Waals surface area contributed by atoms with Crippen molar-refractivity contribution in [3.63, 3.8) is 0 Å². The Bertz CT molecular complexity index is 1280. The number of nitriles is 1. The Morgan fingerprint density at radius 2 is 1.79 bits per heavy atom. The molecule has 29 heavy (non-hydrogen) atoms. The van der Waals surface area contributed by atoms with Gasteiger partial charge in [-0.15, -0.1) is 0 Å². The third kappa shape index (κ3) is 3.82. The summed E-state index contributed by atoms with van der Waals surface area (Å²) in [5, 5.41) is 10.7. The predicted octanol–water partition coefficient (Wildman–Crippen LogP) is 6.34. The van der Waals surface area contributed by atoms with Crippen molar-refractivity contribution in [1.82, 2.24) is 9.97 Å².